The minimum absolute atomic E-state index is 0.0148. The van der Waals surface area contributed by atoms with Crippen LogP contribution in [0, 0.1) is 0 Å². The third-order valence-electron chi connectivity index (χ3n) is 2.98. The summed E-state index contributed by atoms with van der Waals surface area (Å²) >= 11 is 0. The van der Waals surface area contributed by atoms with Crippen LogP contribution >= 0.6 is 0 Å². The van der Waals surface area contributed by atoms with E-state index >= 15 is 0 Å². The monoisotopic (exact) mass is 243 g/mol. The van der Waals surface area contributed by atoms with Gasteiger partial charge in [0, 0.05) is 25.7 Å². The molecule has 0 spiro atoms. The number of morpholine rings is 1. The van der Waals surface area contributed by atoms with Gasteiger partial charge in [0.05, 0.1) is 19.3 Å². The fourth-order valence-electron chi connectivity index (χ4n) is 1.86. The first-order valence-electron chi connectivity index (χ1n) is 6.49. The summed E-state index contributed by atoms with van der Waals surface area (Å²) in [6.45, 7) is 7.50. The number of nitrogens with two attached hydrogens (primary N) is 1. The van der Waals surface area contributed by atoms with E-state index in [-0.39, 0.29) is 18.1 Å². The number of rotatable bonds is 6. The second-order valence-electron chi connectivity index (χ2n) is 4.71. The van der Waals surface area contributed by atoms with Gasteiger partial charge in [-0.25, -0.2) is 0 Å². The van der Waals surface area contributed by atoms with Crippen molar-refractivity contribution in [3.8, 4) is 0 Å². The summed E-state index contributed by atoms with van der Waals surface area (Å²) in [5.74, 6) is 0.101. The predicted octanol–water partition coefficient (Wildman–Crippen LogP) is -0.0493. The minimum Gasteiger partial charge on any atom is -0.374 e. The summed E-state index contributed by atoms with van der Waals surface area (Å²) in [4.78, 5) is 13.7. The Labute approximate surface area is 104 Å². The molecule has 1 aliphatic rings. The lowest BCUT2D eigenvalue weighted by atomic mass is 10.1. The largest absolute Gasteiger partial charge is 0.374 e. The molecule has 1 heterocycles. The average molecular weight is 243 g/mol. The highest BCUT2D eigenvalue weighted by molar-refractivity contribution is 5.77. The van der Waals surface area contributed by atoms with Gasteiger partial charge in [-0.1, -0.05) is 13.3 Å². The summed E-state index contributed by atoms with van der Waals surface area (Å²) in [7, 11) is 0. The maximum absolute atomic E-state index is 11.6. The molecule has 3 N–H and O–H groups in total. The van der Waals surface area contributed by atoms with Crippen molar-refractivity contribution in [3.05, 3.63) is 0 Å². The van der Waals surface area contributed by atoms with Gasteiger partial charge in [0.15, 0.2) is 0 Å². The summed E-state index contributed by atoms with van der Waals surface area (Å²) in [5.41, 5.74) is 5.81. The Balaban J connectivity index is 2.23. The second kappa shape index (κ2) is 7.63. The van der Waals surface area contributed by atoms with Crippen LogP contribution < -0.4 is 11.1 Å². The Morgan fingerprint density at radius 2 is 2.41 bits per heavy atom. The molecule has 0 radical (unpaired) electrons. The van der Waals surface area contributed by atoms with E-state index in [9.17, 15) is 4.79 Å². The van der Waals surface area contributed by atoms with Crippen LogP contribution in [0.3, 0.4) is 0 Å². The van der Waals surface area contributed by atoms with Gasteiger partial charge in [-0.05, 0) is 13.3 Å². The number of ether oxygens (including phenoxy) is 1. The van der Waals surface area contributed by atoms with Crippen molar-refractivity contribution >= 4 is 5.91 Å². The fraction of sp³-hybridized carbons (Fsp3) is 0.917. The maximum Gasteiger partial charge on any atom is 0.234 e. The van der Waals surface area contributed by atoms with Crippen LogP contribution in [0.1, 0.15) is 26.7 Å². The van der Waals surface area contributed by atoms with Gasteiger partial charge in [0.1, 0.15) is 0 Å². The molecule has 1 aliphatic heterocycles. The zero-order chi connectivity index (χ0) is 12.7. The van der Waals surface area contributed by atoms with Crippen molar-refractivity contribution in [1.29, 1.82) is 0 Å². The Kier molecular flexibility index (Phi) is 6.47. The first-order chi connectivity index (χ1) is 8.13. The van der Waals surface area contributed by atoms with Gasteiger partial charge >= 0.3 is 0 Å². The van der Waals surface area contributed by atoms with E-state index < -0.39 is 0 Å². The van der Waals surface area contributed by atoms with E-state index in [1.165, 1.54) is 0 Å². The van der Waals surface area contributed by atoms with Crippen molar-refractivity contribution in [2.45, 2.75) is 38.8 Å². The molecule has 1 saturated heterocycles. The Bertz CT molecular complexity index is 234. The minimum atomic E-state index is 0.0148. The van der Waals surface area contributed by atoms with Gasteiger partial charge in [0.2, 0.25) is 5.91 Å². The Morgan fingerprint density at radius 3 is 3.06 bits per heavy atom. The number of nitrogens with zero attached hydrogens (tertiary/aromatic N) is 1. The van der Waals surface area contributed by atoms with E-state index in [0.717, 1.165) is 32.5 Å². The van der Waals surface area contributed by atoms with E-state index in [2.05, 4.69) is 17.1 Å². The van der Waals surface area contributed by atoms with Gasteiger partial charge in [-0.3, -0.25) is 9.69 Å². The lowest BCUT2D eigenvalue weighted by Gasteiger charge is -2.34. The highest BCUT2D eigenvalue weighted by atomic mass is 16.5. The zero-order valence-corrected chi connectivity index (χ0v) is 10.9. The number of hydrogen-bond donors (Lipinski definition) is 2. The normalized spacial score (nSPS) is 23.4. The Morgan fingerprint density at radius 1 is 1.65 bits per heavy atom. The van der Waals surface area contributed by atoms with Crippen molar-refractivity contribution in [2.75, 3.05) is 32.8 Å². The Hall–Kier alpha value is -0.650. The van der Waals surface area contributed by atoms with Gasteiger partial charge in [0.25, 0.3) is 0 Å². The third-order valence-corrected chi connectivity index (χ3v) is 2.98. The first-order valence-corrected chi connectivity index (χ1v) is 6.49. The molecule has 1 fully saturated rings. The molecule has 0 bridgehead atoms. The molecule has 1 rings (SSSR count). The molecule has 0 aromatic rings. The van der Waals surface area contributed by atoms with Crippen LogP contribution in [0.15, 0.2) is 0 Å². The number of amides is 1. The summed E-state index contributed by atoms with van der Waals surface area (Å²) in [6, 6.07) is 0.0148. The maximum atomic E-state index is 11.6. The van der Waals surface area contributed by atoms with Crippen molar-refractivity contribution in [3.63, 3.8) is 0 Å². The highest BCUT2D eigenvalue weighted by Gasteiger charge is 2.24. The van der Waals surface area contributed by atoms with Crippen LogP contribution in [-0.2, 0) is 9.53 Å². The van der Waals surface area contributed by atoms with Crippen LogP contribution in [0.5, 0.6) is 0 Å². The summed E-state index contributed by atoms with van der Waals surface area (Å²) in [5, 5.41) is 2.92. The number of carbonyl (C=O) groups is 1. The molecule has 5 heteroatoms. The number of nitrogens with one attached hydrogen (secondary N) is 1. The molecular formula is C12H25N3O2. The molecule has 5 nitrogen and oxygen atoms in total. The molecule has 0 saturated carbocycles. The van der Waals surface area contributed by atoms with Crippen molar-refractivity contribution < 1.29 is 9.53 Å². The lowest BCUT2D eigenvalue weighted by Crippen LogP contribution is -2.51. The van der Waals surface area contributed by atoms with Crippen molar-refractivity contribution in [2.24, 2.45) is 5.73 Å². The average Bonchev–Trinajstić information content (AvgIpc) is 2.29. The SMILES string of the molecule is CCCCNC(=O)CN1CCOC(C(C)N)C1. The molecule has 0 aromatic carbocycles. The predicted molar refractivity (Wildman–Crippen MR) is 67.7 cm³/mol. The van der Waals surface area contributed by atoms with E-state index in [4.69, 9.17) is 10.5 Å². The summed E-state index contributed by atoms with van der Waals surface area (Å²) < 4.78 is 5.55. The smallest absolute Gasteiger partial charge is 0.234 e. The molecule has 1 amide bonds. The quantitative estimate of drug-likeness (QED) is 0.642. The summed E-state index contributed by atoms with van der Waals surface area (Å²) in [6.07, 6.45) is 2.19. The molecule has 2 atom stereocenters. The molecular weight excluding hydrogens is 218 g/mol. The van der Waals surface area contributed by atoms with Gasteiger partial charge in [-0.15, -0.1) is 0 Å². The first kappa shape index (κ1) is 14.4. The fourth-order valence-corrected chi connectivity index (χ4v) is 1.86. The third kappa shape index (κ3) is 5.48. The second-order valence-corrected chi connectivity index (χ2v) is 4.71. The number of hydrogen-bond acceptors (Lipinski definition) is 4. The van der Waals surface area contributed by atoms with E-state index in [1.54, 1.807) is 0 Å². The van der Waals surface area contributed by atoms with Crippen molar-refractivity contribution in [1.82, 2.24) is 10.2 Å². The molecule has 2 unspecified atom stereocenters. The van der Waals surface area contributed by atoms with Crippen LogP contribution in [0.25, 0.3) is 0 Å². The number of unbranched alkanes of at least 4 members (excludes halogenated alkanes) is 1. The van der Waals surface area contributed by atoms with Gasteiger partial charge < -0.3 is 15.8 Å². The standard InChI is InChI=1S/C12H25N3O2/c1-3-4-5-14-12(16)9-15-6-7-17-11(8-15)10(2)13/h10-11H,3-9,13H2,1-2H3,(H,14,16). The number of carbonyl (C=O) groups excluding carboxylic acids is 1. The zero-order valence-electron chi connectivity index (χ0n) is 10.9. The highest BCUT2D eigenvalue weighted by Crippen LogP contribution is 2.07. The molecule has 100 valence electrons. The molecule has 17 heavy (non-hydrogen) atoms. The van der Waals surface area contributed by atoms with Gasteiger partial charge in [-0.2, -0.15) is 0 Å². The van der Waals surface area contributed by atoms with Crippen LogP contribution in [0.2, 0.25) is 0 Å². The van der Waals surface area contributed by atoms with E-state index in [0.29, 0.717) is 13.2 Å². The molecule has 0 aromatic heterocycles. The molecule has 0 aliphatic carbocycles. The lowest BCUT2D eigenvalue weighted by molar-refractivity contribution is -0.124. The van der Waals surface area contributed by atoms with E-state index in [1.807, 2.05) is 6.92 Å². The van der Waals surface area contributed by atoms with Crippen LogP contribution in [-0.4, -0.2) is 55.7 Å². The van der Waals surface area contributed by atoms with Crippen LogP contribution in [0.4, 0.5) is 0 Å². The topological polar surface area (TPSA) is 67.6 Å².